The molecular formula is C6H14N2O4S. The average Bonchev–Trinajstić information content (AvgIpc) is 2.36. The van der Waals surface area contributed by atoms with Gasteiger partial charge in [-0.15, -0.1) is 0 Å². The molecule has 1 heterocycles. The van der Waals surface area contributed by atoms with Crippen molar-refractivity contribution in [2.75, 3.05) is 7.11 Å². The van der Waals surface area contributed by atoms with Gasteiger partial charge in [0.1, 0.15) is 0 Å². The molecule has 0 bridgehead atoms. The largest absolute Gasteiger partial charge is 0.397 e. The molecule has 0 fully saturated rings. The lowest BCUT2D eigenvalue weighted by Gasteiger charge is -2.04. The Labute approximate surface area is 78.0 Å². The molecule has 1 aliphatic heterocycles. The zero-order chi connectivity index (χ0) is 10.5. The first kappa shape index (κ1) is 12.3. The van der Waals surface area contributed by atoms with Crippen LogP contribution in [0.25, 0.3) is 0 Å². The molecule has 0 aromatic heterocycles. The SMILES string of the molecule is CC1N=CNC1C.COS(=O)(=O)O. The molecule has 0 amide bonds. The molecule has 7 heteroatoms. The summed E-state index contributed by atoms with van der Waals surface area (Å²) in [6.07, 6.45) is 1.77. The Morgan fingerprint density at radius 2 is 2.00 bits per heavy atom. The van der Waals surface area contributed by atoms with Crippen LogP contribution < -0.4 is 5.32 Å². The Morgan fingerprint density at radius 3 is 2.08 bits per heavy atom. The summed E-state index contributed by atoms with van der Waals surface area (Å²) in [4.78, 5) is 4.08. The highest BCUT2D eigenvalue weighted by Gasteiger charge is 2.11. The third kappa shape index (κ3) is 6.50. The molecule has 1 rings (SSSR count). The van der Waals surface area contributed by atoms with E-state index in [4.69, 9.17) is 4.55 Å². The Balaban J connectivity index is 0.000000226. The predicted molar refractivity (Wildman–Crippen MR) is 49.1 cm³/mol. The van der Waals surface area contributed by atoms with E-state index in [9.17, 15) is 8.42 Å². The fourth-order valence-electron chi connectivity index (χ4n) is 0.547. The number of hydrogen-bond donors (Lipinski definition) is 2. The second-order valence-electron chi connectivity index (χ2n) is 2.57. The van der Waals surface area contributed by atoms with Gasteiger partial charge in [0.05, 0.1) is 19.5 Å². The second-order valence-corrected chi connectivity index (χ2v) is 3.76. The summed E-state index contributed by atoms with van der Waals surface area (Å²) in [6.45, 7) is 4.22. The summed E-state index contributed by atoms with van der Waals surface area (Å²) in [7, 11) is -3.29. The molecule has 13 heavy (non-hydrogen) atoms. The summed E-state index contributed by atoms with van der Waals surface area (Å²) in [6, 6.07) is 1.01. The summed E-state index contributed by atoms with van der Waals surface area (Å²) in [5, 5.41) is 3.08. The molecule has 0 saturated heterocycles. The summed E-state index contributed by atoms with van der Waals surface area (Å²) >= 11 is 0. The topological polar surface area (TPSA) is 88.0 Å². The minimum absolute atomic E-state index is 0.472. The number of nitrogens with one attached hydrogen (secondary N) is 1. The van der Waals surface area contributed by atoms with Crippen LogP contribution in [0.4, 0.5) is 0 Å². The van der Waals surface area contributed by atoms with Gasteiger partial charge in [0.2, 0.25) is 0 Å². The zero-order valence-corrected chi connectivity index (χ0v) is 8.58. The van der Waals surface area contributed by atoms with Gasteiger partial charge < -0.3 is 5.32 Å². The van der Waals surface area contributed by atoms with E-state index >= 15 is 0 Å². The van der Waals surface area contributed by atoms with Gasteiger partial charge in [-0.2, -0.15) is 8.42 Å². The Bertz CT molecular complexity index is 262. The van der Waals surface area contributed by atoms with Crippen LogP contribution in [0.5, 0.6) is 0 Å². The van der Waals surface area contributed by atoms with Gasteiger partial charge in [0.15, 0.2) is 0 Å². The molecule has 0 aliphatic carbocycles. The smallest absolute Gasteiger partial charge is 0.372 e. The van der Waals surface area contributed by atoms with Crippen molar-refractivity contribution < 1.29 is 17.2 Å². The van der Waals surface area contributed by atoms with E-state index in [1.807, 2.05) is 0 Å². The minimum atomic E-state index is -4.16. The van der Waals surface area contributed by atoms with Gasteiger partial charge in [-0.05, 0) is 13.8 Å². The van der Waals surface area contributed by atoms with Crippen LogP contribution in [-0.2, 0) is 14.6 Å². The monoisotopic (exact) mass is 210 g/mol. The van der Waals surface area contributed by atoms with Crippen LogP contribution in [0.15, 0.2) is 4.99 Å². The maximum Gasteiger partial charge on any atom is 0.397 e. The van der Waals surface area contributed by atoms with E-state index in [0.29, 0.717) is 12.1 Å². The van der Waals surface area contributed by atoms with Crippen molar-refractivity contribution in [3.8, 4) is 0 Å². The highest BCUT2D eigenvalue weighted by Crippen LogP contribution is 1.99. The molecule has 0 radical (unpaired) electrons. The first-order valence-corrected chi connectivity index (χ1v) is 5.04. The Morgan fingerprint density at radius 1 is 1.54 bits per heavy atom. The van der Waals surface area contributed by atoms with E-state index in [2.05, 4.69) is 28.3 Å². The van der Waals surface area contributed by atoms with Crippen LogP contribution in [0.3, 0.4) is 0 Å². The van der Waals surface area contributed by atoms with Gasteiger partial charge in [0.25, 0.3) is 0 Å². The zero-order valence-electron chi connectivity index (χ0n) is 7.76. The molecule has 0 spiro atoms. The lowest BCUT2D eigenvalue weighted by Crippen LogP contribution is -2.25. The molecule has 6 nitrogen and oxygen atoms in total. The Kier molecular flexibility index (Phi) is 4.89. The van der Waals surface area contributed by atoms with Crippen LogP contribution in [0.1, 0.15) is 13.8 Å². The van der Waals surface area contributed by atoms with Crippen molar-refractivity contribution in [3.05, 3.63) is 0 Å². The quantitative estimate of drug-likeness (QED) is 0.587. The Hall–Kier alpha value is -0.660. The van der Waals surface area contributed by atoms with Crippen molar-refractivity contribution in [2.24, 2.45) is 4.99 Å². The van der Waals surface area contributed by atoms with E-state index < -0.39 is 10.4 Å². The molecule has 0 saturated carbocycles. The van der Waals surface area contributed by atoms with Gasteiger partial charge in [-0.1, -0.05) is 0 Å². The van der Waals surface area contributed by atoms with Crippen molar-refractivity contribution in [2.45, 2.75) is 25.9 Å². The van der Waals surface area contributed by atoms with Gasteiger partial charge in [0, 0.05) is 6.04 Å². The van der Waals surface area contributed by atoms with Crippen molar-refractivity contribution in [1.82, 2.24) is 5.32 Å². The molecule has 2 N–H and O–H groups in total. The van der Waals surface area contributed by atoms with Gasteiger partial charge in [-0.25, -0.2) is 0 Å². The van der Waals surface area contributed by atoms with Crippen LogP contribution in [0, 0.1) is 0 Å². The molecule has 0 aromatic rings. The third-order valence-electron chi connectivity index (χ3n) is 1.58. The van der Waals surface area contributed by atoms with E-state index in [0.717, 1.165) is 7.11 Å². The molecule has 2 unspecified atom stereocenters. The van der Waals surface area contributed by atoms with E-state index in [-0.39, 0.29) is 0 Å². The van der Waals surface area contributed by atoms with Crippen LogP contribution in [-0.4, -0.2) is 38.5 Å². The van der Waals surface area contributed by atoms with Crippen molar-refractivity contribution >= 4 is 16.7 Å². The third-order valence-corrected chi connectivity index (χ3v) is 2.00. The van der Waals surface area contributed by atoms with Gasteiger partial charge >= 0.3 is 10.4 Å². The lowest BCUT2D eigenvalue weighted by atomic mass is 10.2. The molecule has 1 aliphatic rings. The van der Waals surface area contributed by atoms with Gasteiger partial charge in [-0.3, -0.25) is 13.7 Å². The van der Waals surface area contributed by atoms with Crippen LogP contribution >= 0.6 is 0 Å². The maximum absolute atomic E-state index is 9.33. The number of rotatable bonds is 1. The second kappa shape index (κ2) is 5.15. The fraction of sp³-hybridized carbons (Fsp3) is 0.833. The van der Waals surface area contributed by atoms with Crippen molar-refractivity contribution in [1.29, 1.82) is 0 Å². The summed E-state index contributed by atoms with van der Waals surface area (Å²) < 4.78 is 29.7. The molecule has 78 valence electrons. The molecular weight excluding hydrogens is 196 g/mol. The highest BCUT2D eigenvalue weighted by molar-refractivity contribution is 7.80. The van der Waals surface area contributed by atoms with Crippen LogP contribution in [0.2, 0.25) is 0 Å². The first-order valence-electron chi connectivity index (χ1n) is 3.67. The first-order chi connectivity index (χ1) is 5.87. The normalized spacial score (nSPS) is 26.2. The minimum Gasteiger partial charge on any atom is -0.372 e. The predicted octanol–water partition coefficient (Wildman–Crippen LogP) is -0.170. The maximum atomic E-state index is 9.33. The van der Waals surface area contributed by atoms with E-state index in [1.54, 1.807) is 6.34 Å². The summed E-state index contributed by atoms with van der Waals surface area (Å²) in [5.41, 5.74) is 0. The number of nitrogens with zero attached hydrogens (tertiary/aromatic N) is 1. The molecule has 0 aromatic carbocycles. The standard InChI is InChI=1S/C5H10N2.CH4O4S/c1-4-5(2)7-3-6-4;1-5-6(2,3)4/h3-5H,1-2H3,(H,6,7);1H3,(H,2,3,4). The van der Waals surface area contributed by atoms with E-state index in [1.165, 1.54) is 0 Å². The number of aliphatic imine (C=N–C) groups is 1. The summed E-state index contributed by atoms with van der Waals surface area (Å²) in [5.74, 6) is 0. The lowest BCUT2D eigenvalue weighted by molar-refractivity contribution is 0.324. The van der Waals surface area contributed by atoms with Crippen molar-refractivity contribution in [3.63, 3.8) is 0 Å². The average molecular weight is 210 g/mol. The number of hydrogen-bond acceptors (Lipinski definition) is 5. The fourth-order valence-corrected chi connectivity index (χ4v) is 0.547. The highest BCUT2D eigenvalue weighted by atomic mass is 32.3. The molecule has 2 atom stereocenters.